The van der Waals surface area contributed by atoms with E-state index in [1.54, 1.807) is 23.4 Å². The lowest BCUT2D eigenvalue weighted by Crippen LogP contribution is -2.47. The van der Waals surface area contributed by atoms with Gasteiger partial charge in [-0.2, -0.15) is 4.31 Å². The number of nitrogens with zero attached hydrogens (tertiary/aromatic N) is 4. The van der Waals surface area contributed by atoms with Gasteiger partial charge in [-0.05, 0) is 50.8 Å². The van der Waals surface area contributed by atoms with Gasteiger partial charge in [-0.3, -0.25) is 9.59 Å². The molecule has 2 aromatic rings. The van der Waals surface area contributed by atoms with Gasteiger partial charge in [-0.1, -0.05) is 0 Å². The Morgan fingerprint density at radius 1 is 1.00 bits per heavy atom. The number of Topliss-reactive ketones (excluding diaryl/α,β-unsaturated/α-hetero) is 1. The molecule has 11 heteroatoms. The second kappa shape index (κ2) is 9.53. The topological polar surface area (TPSA) is 92.6 Å². The zero-order valence-electron chi connectivity index (χ0n) is 19.2. The molecule has 34 heavy (non-hydrogen) atoms. The van der Waals surface area contributed by atoms with Crippen LogP contribution in [0.3, 0.4) is 0 Å². The molecule has 0 bridgehead atoms. The summed E-state index contributed by atoms with van der Waals surface area (Å²) in [6.07, 6.45) is 3.08. The molecule has 0 atom stereocenters. The molecule has 0 saturated carbocycles. The van der Waals surface area contributed by atoms with Crippen LogP contribution in [-0.4, -0.2) is 65.0 Å². The van der Waals surface area contributed by atoms with Crippen LogP contribution in [0.15, 0.2) is 29.4 Å². The Morgan fingerprint density at radius 3 is 2.21 bits per heavy atom. The Hall–Kier alpha value is -2.66. The fraction of sp³-hybridized carbons (Fsp3) is 0.522. The van der Waals surface area contributed by atoms with Crippen LogP contribution in [0.25, 0.3) is 0 Å². The van der Waals surface area contributed by atoms with Crippen LogP contribution in [0.2, 0.25) is 0 Å². The van der Waals surface area contributed by atoms with Crippen LogP contribution in [0.1, 0.15) is 41.9 Å². The number of ketones is 1. The van der Waals surface area contributed by atoms with E-state index in [-0.39, 0.29) is 35.5 Å². The van der Waals surface area contributed by atoms with E-state index in [2.05, 4.69) is 4.98 Å². The summed E-state index contributed by atoms with van der Waals surface area (Å²) < 4.78 is 56.2. The van der Waals surface area contributed by atoms with Crippen molar-refractivity contribution in [1.82, 2.24) is 18.8 Å². The van der Waals surface area contributed by atoms with Gasteiger partial charge in [-0.25, -0.2) is 22.2 Å². The van der Waals surface area contributed by atoms with Gasteiger partial charge >= 0.3 is 0 Å². The van der Waals surface area contributed by atoms with Gasteiger partial charge in [0.05, 0.1) is 5.56 Å². The number of piperidine rings is 2. The number of carbonyl (C=O) groups is 2. The molecule has 3 heterocycles. The number of halogens is 2. The molecule has 0 unspecified atom stereocenters. The summed E-state index contributed by atoms with van der Waals surface area (Å²) in [5, 5.41) is 0.0127. The molecule has 2 aliphatic rings. The summed E-state index contributed by atoms with van der Waals surface area (Å²) in [5.74, 6) is -2.04. The van der Waals surface area contributed by atoms with E-state index in [0.717, 1.165) is 18.2 Å². The third-order valence-electron chi connectivity index (χ3n) is 6.87. The molecule has 0 N–H and O–H groups in total. The Kier molecular flexibility index (Phi) is 6.86. The first-order valence-corrected chi connectivity index (χ1v) is 12.8. The van der Waals surface area contributed by atoms with Crippen LogP contribution in [0, 0.1) is 30.4 Å². The number of sulfonamides is 1. The van der Waals surface area contributed by atoms with Gasteiger partial charge in [0.2, 0.25) is 5.91 Å². The summed E-state index contributed by atoms with van der Waals surface area (Å²) in [6, 6.07) is 2.84. The minimum absolute atomic E-state index is 0.0127. The molecular formula is C23H28F2N4O4S. The number of likely N-dealkylation sites (tertiary alicyclic amines) is 1. The zero-order chi connectivity index (χ0) is 24.6. The lowest BCUT2D eigenvalue weighted by Gasteiger charge is -2.36. The van der Waals surface area contributed by atoms with E-state index in [4.69, 9.17) is 0 Å². The molecule has 1 aromatic heterocycles. The Balaban J connectivity index is 1.31. The molecule has 184 valence electrons. The van der Waals surface area contributed by atoms with Crippen molar-refractivity contribution in [3.05, 3.63) is 47.4 Å². The monoisotopic (exact) mass is 494 g/mol. The normalized spacial score (nSPS) is 18.9. The second-order valence-electron chi connectivity index (χ2n) is 9.00. The van der Waals surface area contributed by atoms with Crippen LogP contribution in [0.4, 0.5) is 8.78 Å². The molecule has 8 nitrogen and oxygen atoms in total. The number of aryl methyl sites for hydroxylation is 2. The van der Waals surface area contributed by atoms with Crippen molar-refractivity contribution >= 4 is 21.7 Å². The summed E-state index contributed by atoms with van der Waals surface area (Å²) in [7, 11) is -1.97. The largest absolute Gasteiger partial charge is 0.342 e. The number of aromatic nitrogens is 2. The minimum atomic E-state index is -3.71. The van der Waals surface area contributed by atoms with Gasteiger partial charge in [0.1, 0.15) is 17.5 Å². The number of benzene rings is 1. The molecular weight excluding hydrogens is 466 g/mol. The number of hydrogen-bond acceptors (Lipinski definition) is 5. The van der Waals surface area contributed by atoms with Gasteiger partial charge in [0.25, 0.3) is 10.0 Å². The SMILES string of the molecule is Cc1nc(S(=O)(=O)N2CCC(C(=O)N3CCC(C(=O)c4cc(F)ccc4F)CC3)CC2)cn1C. The fourth-order valence-electron chi connectivity index (χ4n) is 4.65. The van der Waals surface area contributed by atoms with Crippen molar-refractivity contribution in [1.29, 1.82) is 0 Å². The average molecular weight is 495 g/mol. The molecule has 1 amide bonds. The molecule has 4 rings (SSSR count). The first-order valence-electron chi connectivity index (χ1n) is 11.4. The maximum absolute atomic E-state index is 14.0. The molecule has 2 aliphatic heterocycles. The summed E-state index contributed by atoms with van der Waals surface area (Å²) in [6.45, 7) is 2.93. The van der Waals surface area contributed by atoms with Crippen molar-refractivity contribution in [3.8, 4) is 0 Å². The van der Waals surface area contributed by atoms with Crippen LogP contribution < -0.4 is 0 Å². The van der Waals surface area contributed by atoms with Gasteiger partial charge in [0, 0.05) is 51.3 Å². The second-order valence-corrected chi connectivity index (χ2v) is 10.9. The average Bonchev–Trinajstić information content (AvgIpc) is 3.19. The number of rotatable bonds is 5. The first-order chi connectivity index (χ1) is 16.1. The van der Waals surface area contributed by atoms with Gasteiger partial charge in [0.15, 0.2) is 10.8 Å². The molecule has 0 aliphatic carbocycles. The Bertz CT molecular complexity index is 1180. The summed E-state index contributed by atoms with van der Waals surface area (Å²) in [4.78, 5) is 31.5. The zero-order valence-corrected chi connectivity index (χ0v) is 20.0. The van der Waals surface area contributed by atoms with E-state index in [1.807, 2.05) is 0 Å². The highest BCUT2D eigenvalue weighted by Gasteiger charge is 2.36. The highest BCUT2D eigenvalue weighted by Crippen LogP contribution is 2.28. The number of carbonyl (C=O) groups excluding carboxylic acids is 2. The molecule has 0 radical (unpaired) electrons. The van der Waals surface area contributed by atoms with E-state index < -0.39 is 33.4 Å². The number of amides is 1. The van der Waals surface area contributed by atoms with E-state index in [1.165, 1.54) is 10.5 Å². The Labute approximate surface area is 197 Å². The van der Waals surface area contributed by atoms with Crippen LogP contribution in [0.5, 0.6) is 0 Å². The molecule has 0 spiro atoms. The highest BCUT2D eigenvalue weighted by molar-refractivity contribution is 7.89. The van der Waals surface area contributed by atoms with Crippen molar-refractivity contribution in [2.75, 3.05) is 26.2 Å². The summed E-state index contributed by atoms with van der Waals surface area (Å²) in [5.41, 5.74) is -0.249. The number of hydrogen-bond donors (Lipinski definition) is 0. The van der Waals surface area contributed by atoms with Crippen molar-refractivity contribution < 1.29 is 26.8 Å². The molecule has 2 saturated heterocycles. The van der Waals surface area contributed by atoms with E-state index in [9.17, 15) is 26.8 Å². The fourth-order valence-corrected chi connectivity index (χ4v) is 6.15. The standard InChI is InChI=1S/C23H28F2N4O4S/c1-15-26-21(14-27(15)2)34(32,33)29-11-7-17(8-12-29)23(31)28-9-5-16(6-10-28)22(30)19-13-18(24)3-4-20(19)25/h3-4,13-14,16-17H,5-12H2,1-2H3. The quantitative estimate of drug-likeness (QED) is 0.596. The van der Waals surface area contributed by atoms with Crippen molar-refractivity contribution in [2.45, 2.75) is 37.6 Å². The maximum atomic E-state index is 14.0. The van der Waals surface area contributed by atoms with Gasteiger partial charge < -0.3 is 9.47 Å². The third kappa shape index (κ3) is 4.76. The highest BCUT2D eigenvalue weighted by atomic mass is 32.2. The predicted molar refractivity (Wildman–Crippen MR) is 119 cm³/mol. The van der Waals surface area contributed by atoms with Crippen LogP contribution >= 0.6 is 0 Å². The molecule has 1 aromatic carbocycles. The van der Waals surface area contributed by atoms with E-state index in [0.29, 0.717) is 44.6 Å². The lowest BCUT2D eigenvalue weighted by atomic mass is 9.87. The maximum Gasteiger partial charge on any atom is 0.262 e. The lowest BCUT2D eigenvalue weighted by molar-refractivity contribution is -0.138. The van der Waals surface area contributed by atoms with Crippen molar-refractivity contribution in [3.63, 3.8) is 0 Å². The Morgan fingerprint density at radius 2 is 1.62 bits per heavy atom. The summed E-state index contributed by atoms with van der Waals surface area (Å²) >= 11 is 0. The van der Waals surface area contributed by atoms with Crippen molar-refractivity contribution in [2.24, 2.45) is 18.9 Å². The van der Waals surface area contributed by atoms with Crippen LogP contribution in [-0.2, 0) is 21.9 Å². The predicted octanol–water partition coefficient (Wildman–Crippen LogP) is 2.53. The van der Waals surface area contributed by atoms with E-state index >= 15 is 0 Å². The number of imidazole rings is 1. The first kappa shape index (κ1) is 24.5. The third-order valence-corrected chi connectivity index (χ3v) is 8.64. The minimum Gasteiger partial charge on any atom is -0.342 e. The smallest absolute Gasteiger partial charge is 0.262 e. The molecule has 2 fully saturated rings. The van der Waals surface area contributed by atoms with Gasteiger partial charge in [-0.15, -0.1) is 0 Å².